The number of H-pyrrole nitrogens is 1. The van der Waals surface area contributed by atoms with Crippen molar-refractivity contribution < 1.29 is 19.7 Å². The molecule has 0 saturated carbocycles. The lowest BCUT2D eigenvalue weighted by atomic mass is 9.94. The summed E-state index contributed by atoms with van der Waals surface area (Å²) in [6, 6.07) is 2.01. The molecule has 2 unspecified atom stereocenters. The fraction of sp³-hybridized carbons (Fsp3) is 0.529. The third kappa shape index (κ3) is 3.65. The fourth-order valence-electron chi connectivity index (χ4n) is 2.90. The monoisotopic (exact) mass is 378 g/mol. The van der Waals surface area contributed by atoms with Gasteiger partial charge in [0.25, 0.3) is 5.56 Å². The molecule has 10 nitrogen and oxygen atoms in total. The number of aromatic nitrogens is 2. The number of nitriles is 1. The summed E-state index contributed by atoms with van der Waals surface area (Å²) in [5, 5.41) is 30.2. The van der Waals surface area contributed by atoms with Crippen LogP contribution in [0.5, 0.6) is 0 Å². The van der Waals surface area contributed by atoms with E-state index in [4.69, 9.17) is 10.5 Å². The van der Waals surface area contributed by atoms with E-state index >= 15 is 0 Å². The molecule has 0 bridgehead atoms. The molecular weight excluding hydrogens is 356 g/mol. The highest BCUT2D eigenvalue weighted by Crippen LogP contribution is 2.38. The molecule has 0 aliphatic heterocycles. The Morgan fingerprint density at radius 1 is 1.59 bits per heavy atom. The Hall–Kier alpha value is -2.90. The highest BCUT2D eigenvalue weighted by Gasteiger charge is 2.50. The van der Waals surface area contributed by atoms with Crippen molar-refractivity contribution in [1.82, 2.24) is 9.55 Å². The lowest BCUT2D eigenvalue weighted by Crippen LogP contribution is -2.48. The summed E-state index contributed by atoms with van der Waals surface area (Å²) >= 11 is 0. The topological polar surface area (TPSA) is 171 Å². The van der Waals surface area contributed by atoms with Crippen molar-refractivity contribution in [1.29, 1.82) is 5.26 Å². The molecule has 0 spiro atoms. The van der Waals surface area contributed by atoms with Crippen molar-refractivity contribution in [3.05, 3.63) is 44.4 Å². The van der Waals surface area contributed by atoms with E-state index in [1.807, 2.05) is 18.0 Å². The molecule has 4 atom stereocenters. The van der Waals surface area contributed by atoms with Crippen molar-refractivity contribution in [3.63, 3.8) is 0 Å². The number of hydrogen-bond acceptors (Lipinski definition) is 8. The zero-order valence-electron chi connectivity index (χ0n) is 15.0. The zero-order chi connectivity index (χ0) is 20.4. The molecule has 1 aliphatic carbocycles. The molecule has 1 aliphatic rings. The maximum absolute atomic E-state index is 12.1. The van der Waals surface area contributed by atoms with E-state index < -0.39 is 40.7 Å². The normalized spacial score (nSPS) is 24.3. The largest absolute Gasteiger partial charge is 0.509 e. The van der Waals surface area contributed by atoms with Crippen LogP contribution in [0.1, 0.15) is 26.7 Å². The number of esters is 1. The van der Waals surface area contributed by atoms with E-state index in [-0.39, 0.29) is 24.5 Å². The van der Waals surface area contributed by atoms with Crippen molar-refractivity contribution in [2.75, 3.05) is 6.61 Å². The third-order valence-electron chi connectivity index (χ3n) is 4.92. The van der Waals surface area contributed by atoms with Gasteiger partial charge in [-0.3, -0.25) is 19.1 Å². The van der Waals surface area contributed by atoms with E-state index in [2.05, 4.69) is 0 Å². The first kappa shape index (κ1) is 20.4. The molecule has 0 fully saturated rings. The van der Waals surface area contributed by atoms with E-state index in [0.717, 1.165) is 16.8 Å². The second kappa shape index (κ2) is 7.77. The molecule has 0 amide bonds. The lowest BCUT2D eigenvalue weighted by Gasteiger charge is -2.27. The predicted octanol–water partition coefficient (Wildman–Crippen LogP) is -0.751. The van der Waals surface area contributed by atoms with Crippen LogP contribution in [0, 0.1) is 17.2 Å². The number of rotatable bonds is 6. The number of aliphatic hydroxyl groups is 2. The van der Waals surface area contributed by atoms with Crippen LogP contribution in [-0.4, -0.2) is 44.5 Å². The molecular formula is C17H22N4O6. The Balaban J connectivity index is 2.24. The van der Waals surface area contributed by atoms with Crippen LogP contribution >= 0.6 is 0 Å². The predicted molar refractivity (Wildman–Crippen MR) is 93.6 cm³/mol. The highest BCUT2D eigenvalue weighted by molar-refractivity contribution is 5.76. The molecule has 1 heterocycles. The number of nitrogens with two attached hydrogens (primary N) is 1. The van der Waals surface area contributed by atoms with Gasteiger partial charge in [-0.1, -0.05) is 20.3 Å². The summed E-state index contributed by atoms with van der Waals surface area (Å²) < 4.78 is 5.95. The number of aromatic amines is 1. The molecule has 2 rings (SSSR count). The number of carbonyl (C=O) groups is 1. The van der Waals surface area contributed by atoms with Gasteiger partial charge < -0.3 is 20.7 Å². The maximum atomic E-state index is 12.1. The molecule has 0 saturated heterocycles. The smallest absolute Gasteiger partial charge is 0.329 e. The van der Waals surface area contributed by atoms with Crippen LogP contribution in [0.15, 0.2) is 33.2 Å². The minimum absolute atomic E-state index is 0.0897. The second-order valence-electron chi connectivity index (χ2n) is 6.60. The Morgan fingerprint density at radius 2 is 2.26 bits per heavy atom. The number of nitrogens with one attached hydrogen (secondary N) is 1. The minimum Gasteiger partial charge on any atom is -0.509 e. The van der Waals surface area contributed by atoms with Crippen molar-refractivity contribution in [2.24, 2.45) is 11.7 Å². The molecule has 5 N–H and O–H groups in total. The van der Waals surface area contributed by atoms with Gasteiger partial charge in [0.1, 0.15) is 24.5 Å². The number of carbonyl (C=O) groups excluding carboxylic acids is 1. The number of aliphatic hydroxyl groups excluding tert-OH is 2. The average Bonchev–Trinajstić information content (AvgIpc) is 2.90. The molecule has 10 heteroatoms. The molecule has 1 aromatic heterocycles. The summed E-state index contributed by atoms with van der Waals surface area (Å²) in [5.74, 6) is -1.33. The van der Waals surface area contributed by atoms with E-state index in [1.165, 1.54) is 0 Å². The van der Waals surface area contributed by atoms with Gasteiger partial charge in [-0.05, 0) is 5.92 Å². The summed E-state index contributed by atoms with van der Waals surface area (Å²) in [6.07, 6.45) is -0.262. The van der Waals surface area contributed by atoms with Crippen LogP contribution in [-0.2, 0) is 15.1 Å². The number of nitrogens with zero attached hydrogens (tertiary/aromatic N) is 2. The van der Waals surface area contributed by atoms with Gasteiger partial charge in [-0.15, -0.1) is 0 Å². The second-order valence-corrected chi connectivity index (χ2v) is 6.60. The van der Waals surface area contributed by atoms with Gasteiger partial charge in [-0.25, -0.2) is 4.79 Å². The fourth-order valence-corrected chi connectivity index (χ4v) is 2.90. The Labute approximate surface area is 154 Å². The summed E-state index contributed by atoms with van der Waals surface area (Å²) in [5.41, 5.74) is 2.44. The van der Waals surface area contributed by atoms with Gasteiger partial charge >= 0.3 is 11.7 Å². The van der Waals surface area contributed by atoms with Crippen molar-refractivity contribution >= 4 is 5.97 Å². The molecule has 146 valence electrons. The first-order valence-corrected chi connectivity index (χ1v) is 8.42. The van der Waals surface area contributed by atoms with Crippen LogP contribution in [0.2, 0.25) is 0 Å². The quantitative estimate of drug-likeness (QED) is 0.468. The Morgan fingerprint density at radius 3 is 2.81 bits per heavy atom. The van der Waals surface area contributed by atoms with Gasteiger partial charge in [0.15, 0.2) is 5.54 Å². The molecule has 1 aromatic rings. The minimum atomic E-state index is -1.87. The molecule has 0 radical (unpaired) electrons. The van der Waals surface area contributed by atoms with Crippen molar-refractivity contribution in [3.8, 4) is 6.07 Å². The SMILES string of the molecule is CCC(C)[C@H](N)C(=O)OCC1=C(O)C(O)[C@](C#N)(n2ccc(=O)[nH]c2=O)C1. The van der Waals surface area contributed by atoms with Crippen LogP contribution in [0.4, 0.5) is 0 Å². The van der Waals surface area contributed by atoms with E-state index in [9.17, 15) is 29.9 Å². The molecule has 27 heavy (non-hydrogen) atoms. The standard InChI is InChI=1S/C17H22N4O6/c1-3-9(2)12(19)15(25)27-7-10-6-17(8-18,14(24)13(10)23)21-5-4-11(22)20-16(21)26/h4-5,9,12,14,23-24H,3,6-7,19H2,1-2H3,(H,20,22,26)/t9?,12-,14?,17-/m0/s1. The third-order valence-corrected chi connectivity index (χ3v) is 4.92. The summed E-state index contributed by atoms with van der Waals surface area (Å²) in [7, 11) is 0. The Kier molecular flexibility index (Phi) is 5.88. The van der Waals surface area contributed by atoms with E-state index in [1.54, 1.807) is 6.92 Å². The van der Waals surface area contributed by atoms with E-state index in [0.29, 0.717) is 6.42 Å². The molecule has 0 aromatic carbocycles. The van der Waals surface area contributed by atoms with Gasteiger partial charge in [0.2, 0.25) is 0 Å². The van der Waals surface area contributed by atoms with Crippen LogP contribution in [0.3, 0.4) is 0 Å². The van der Waals surface area contributed by atoms with Crippen molar-refractivity contribution in [2.45, 2.75) is 44.4 Å². The summed E-state index contributed by atoms with van der Waals surface area (Å²) in [6.45, 7) is 3.29. The van der Waals surface area contributed by atoms with Gasteiger partial charge in [0, 0.05) is 24.3 Å². The van der Waals surface area contributed by atoms with Crippen LogP contribution in [0.25, 0.3) is 0 Å². The van der Waals surface area contributed by atoms with Crippen LogP contribution < -0.4 is 17.0 Å². The van der Waals surface area contributed by atoms with Gasteiger partial charge in [-0.2, -0.15) is 5.26 Å². The number of hydrogen-bond donors (Lipinski definition) is 4. The Bertz CT molecular complexity index is 911. The first-order valence-electron chi connectivity index (χ1n) is 8.42. The average molecular weight is 378 g/mol. The lowest BCUT2D eigenvalue weighted by molar-refractivity contribution is -0.145. The van der Waals surface area contributed by atoms with Gasteiger partial charge in [0.05, 0.1) is 6.07 Å². The number of ether oxygens (including phenoxy) is 1. The first-order chi connectivity index (χ1) is 12.7. The zero-order valence-corrected chi connectivity index (χ0v) is 15.0. The highest BCUT2D eigenvalue weighted by atomic mass is 16.5. The summed E-state index contributed by atoms with van der Waals surface area (Å²) in [4.78, 5) is 37.3. The maximum Gasteiger partial charge on any atom is 0.329 e.